The van der Waals surface area contributed by atoms with Gasteiger partial charge in [0.1, 0.15) is 11.6 Å². The van der Waals surface area contributed by atoms with Gasteiger partial charge in [-0.1, -0.05) is 29.4 Å². The van der Waals surface area contributed by atoms with Crippen molar-refractivity contribution < 1.29 is 14.0 Å². The molecule has 0 aliphatic heterocycles. The molecular formula is C14H12F2N2OS. The van der Waals surface area contributed by atoms with Gasteiger partial charge in [0.2, 0.25) is 0 Å². The maximum absolute atomic E-state index is 13.5. The number of hydrogen-bond donors (Lipinski definition) is 2. The van der Waals surface area contributed by atoms with Crippen LogP contribution in [0.25, 0.3) is 0 Å². The van der Waals surface area contributed by atoms with E-state index in [1.54, 1.807) is 24.3 Å². The summed E-state index contributed by atoms with van der Waals surface area (Å²) in [6.07, 6.45) is 0. The Balaban J connectivity index is 2.21. The van der Waals surface area contributed by atoms with Gasteiger partial charge in [-0.05, 0) is 23.8 Å². The lowest BCUT2D eigenvalue weighted by molar-refractivity contribution is 0.318. The Morgan fingerprint density at radius 2 is 1.95 bits per heavy atom. The molecule has 0 heterocycles. The Bertz CT molecular complexity index is 647. The van der Waals surface area contributed by atoms with Crippen LogP contribution in [0.2, 0.25) is 0 Å². The molecule has 3 nitrogen and oxygen atoms in total. The number of rotatable bonds is 4. The van der Waals surface area contributed by atoms with Crippen molar-refractivity contribution in [3.8, 4) is 0 Å². The summed E-state index contributed by atoms with van der Waals surface area (Å²) < 4.78 is 26.6. The van der Waals surface area contributed by atoms with Gasteiger partial charge < -0.3 is 10.9 Å². The SMILES string of the molecule is N/C(=N\O)c1ccccc1CSc1cc(F)ccc1F. The first-order valence-corrected chi connectivity index (χ1v) is 6.74. The number of oxime groups is 1. The van der Waals surface area contributed by atoms with E-state index in [1.165, 1.54) is 0 Å². The highest BCUT2D eigenvalue weighted by Crippen LogP contribution is 2.27. The maximum atomic E-state index is 13.5. The summed E-state index contributed by atoms with van der Waals surface area (Å²) in [5.41, 5.74) is 6.92. The lowest BCUT2D eigenvalue weighted by Crippen LogP contribution is -2.15. The molecule has 0 bridgehead atoms. The van der Waals surface area contributed by atoms with Gasteiger partial charge in [0, 0.05) is 16.2 Å². The first kappa shape index (κ1) is 14.3. The number of amidine groups is 1. The molecule has 0 radical (unpaired) electrons. The smallest absolute Gasteiger partial charge is 0.170 e. The highest BCUT2D eigenvalue weighted by atomic mass is 32.2. The second kappa shape index (κ2) is 6.38. The van der Waals surface area contributed by atoms with Crippen molar-refractivity contribution in [1.29, 1.82) is 0 Å². The van der Waals surface area contributed by atoms with Crippen molar-refractivity contribution in [2.45, 2.75) is 10.6 Å². The summed E-state index contributed by atoms with van der Waals surface area (Å²) in [7, 11) is 0. The van der Waals surface area contributed by atoms with E-state index in [0.29, 0.717) is 11.3 Å². The van der Waals surface area contributed by atoms with Gasteiger partial charge >= 0.3 is 0 Å². The van der Waals surface area contributed by atoms with Gasteiger partial charge in [-0.15, -0.1) is 11.8 Å². The van der Waals surface area contributed by atoms with Crippen LogP contribution in [-0.2, 0) is 5.75 Å². The van der Waals surface area contributed by atoms with Gasteiger partial charge in [0.25, 0.3) is 0 Å². The van der Waals surface area contributed by atoms with E-state index in [-0.39, 0.29) is 10.7 Å². The maximum Gasteiger partial charge on any atom is 0.170 e. The third kappa shape index (κ3) is 3.27. The lowest BCUT2D eigenvalue weighted by Gasteiger charge is -2.08. The molecule has 104 valence electrons. The van der Waals surface area contributed by atoms with E-state index in [2.05, 4.69) is 5.16 Å². The predicted molar refractivity (Wildman–Crippen MR) is 74.9 cm³/mol. The minimum atomic E-state index is -0.487. The van der Waals surface area contributed by atoms with E-state index in [9.17, 15) is 8.78 Å². The quantitative estimate of drug-likeness (QED) is 0.299. The van der Waals surface area contributed by atoms with Crippen LogP contribution in [0.3, 0.4) is 0 Å². The van der Waals surface area contributed by atoms with Crippen molar-refractivity contribution in [3.05, 3.63) is 65.2 Å². The van der Waals surface area contributed by atoms with Gasteiger partial charge in [-0.25, -0.2) is 8.78 Å². The lowest BCUT2D eigenvalue weighted by atomic mass is 10.1. The van der Waals surface area contributed by atoms with Crippen LogP contribution >= 0.6 is 11.8 Å². The van der Waals surface area contributed by atoms with Crippen molar-refractivity contribution in [1.82, 2.24) is 0 Å². The summed E-state index contributed by atoms with van der Waals surface area (Å²) in [4.78, 5) is 0.222. The summed E-state index contributed by atoms with van der Waals surface area (Å²) in [6, 6.07) is 10.4. The molecule has 0 amide bonds. The van der Waals surface area contributed by atoms with Crippen LogP contribution < -0.4 is 5.73 Å². The fourth-order valence-electron chi connectivity index (χ4n) is 1.69. The van der Waals surface area contributed by atoms with Gasteiger partial charge in [-0.2, -0.15) is 0 Å². The van der Waals surface area contributed by atoms with Crippen molar-refractivity contribution in [2.24, 2.45) is 10.9 Å². The van der Waals surface area contributed by atoms with E-state index in [4.69, 9.17) is 10.9 Å². The molecule has 0 fully saturated rings. The largest absolute Gasteiger partial charge is 0.409 e. The summed E-state index contributed by atoms with van der Waals surface area (Å²) in [5.74, 6) is -0.593. The Morgan fingerprint density at radius 3 is 2.70 bits per heavy atom. The predicted octanol–water partition coefficient (Wildman–Crippen LogP) is 3.35. The van der Waals surface area contributed by atoms with Gasteiger partial charge in [0.05, 0.1) is 0 Å². The molecule has 0 saturated carbocycles. The van der Waals surface area contributed by atoms with Crippen LogP contribution in [0.5, 0.6) is 0 Å². The molecule has 0 aliphatic carbocycles. The van der Waals surface area contributed by atoms with Crippen LogP contribution in [0.4, 0.5) is 8.78 Å². The van der Waals surface area contributed by atoms with Crippen molar-refractivity contribution in [3.63, 3.8) is 0 Å². The monoisotopic (exact) mass is 294 g/mol. The summed E-state index contributed by atoms with van der Waals surface area (Å²) in [5, 5.41) is 11.7. The highest BCUT2D eigenvalue weighted by molar-refractivity contribution is 7.98. The number of nitrogens with zero attached hydrogens (tertiary/aromatic N) is 1. The summed E-state index contributed by atoms with van der Waals surface area (Å²) in [6.45, 7) is 0. The number of hydrogen-bond acceptors (Lipinski definition) is 3. The fourth-order valence-corrected chi connectivity index (χ4v) is 2.66. The zero-order valence-corrected chi connectivity index (χ0v) is 11.2. The fraction of sp³-hybridized carbons (Fsp3) is 0.0714. The number of thioether (sulfide) groups is 1. The average molecular weight is 294 g/mol. The van der Waals surface area contributed by atoms with Crippen molar-refractivity contribution in [2.75, 3.05) is 0 Å². The topological polar surface area (TPSA) is 58.6 Å². The van der Waals surface area contributed by atoms with Gasteiger partial charge in [-0.3, -0.25) is 0 Å². The molecule has 6 heteroatoms. The first-order valence-electron chi connectivity index (χ1n) is 5.75. The molecule has 0 unspecified atom stereocenters. The molecule has 2 aromatic rings. The first-order chi connectivity index (χ1) is 9.61. The van der Waals surface area contributed by atoms with E-state index in [1.807, 2.05) is 0 Å². The second-order valence-electron chi connectivity index (χ2n) is 4.01. The molecule has 20 heavy (non-hydrogen) atoms. The van der Waals surface area contributed by atoms with Crippen LogP contribution in [0, 0.1) is 11.6 Å². The standard InChI is InChI=1S/C14H12F2N2OS/c15-10-5-6-12(16)13(7-10)20-8-9-3-1-2-4-11(9)14(17)18-19/h1-7,19H,8H2,(H2,17,18). The normalized spacial score (nSPS) is 11.6. The zero-order chi connectivity index (χ0) is 14.5. The van der Waals surface area contributed by atoms with E-state index < -0.39 is 11.6 Å². The molecule has 0 aromatic heterocycles. The molecule has 0 saturated heterocycles. The van der Waals surface area contributed by atoms with Crippen molar-refractivity contribution >= 4 is 17.6 Å². The average Bonchev–Trinajstić information content (AvgIpc) is 2.47. The molecule has 0 spiro atoms. The van der Waals surface area contributed by atoms with Crippen LogP contribution in [-0.4, -0.2) is 11.0 Å². The Kier molecular flexibility index (Phi) is 4.57. The third-order valence-corrected chi connectivity index (χ3v) is 3.76. The molecule has 2 aromatic carbocycles. The molecule has 0 atom stereocenters. The Labute approximate surface area is 119 Å². The summed E-state index contributed by atoms with van der Waals surface area (Å²) >= 11 is 1.15. The molecule has 0 aliphatic rings. The van der Waals surface area contributed by atoms with Crippen LogP contribution in [0.15, 0.2) is 52.5 Å². The van der Waals surface area contributed by atoms with E-state index in [0.717, 1.165) is 35.5 Å². The number of nitrogens with two attached hydrogens (primary N) is 1. The Morgan fingerprint density at radius 1 is 1.20 bits per heavy atom. The number of benzene rings is 2. The Hall–Kier alpha value is -2.08. The highest BCUT2D eigenvalue weighted by Gasteiger charge is 2.09. The number of halogens is 2. The second-order valence-corrected chi connectivity index (χ2v) is 5.02. The van der Waals surface area contributed by atoms with E-state index >= 15 is 0 Å². The molecular weight excluding hydrogens is 282 g/mol. The molecule has 3 N–H and O–H groups in total. The van der Waals surface area contributed by atoms with Crippen LogP contribution in [0.1, 0.15) is 11.1 Å². The zero-order valence-electron chi connectivity index (χ0n) is 10.4. The third-order valence-electron chi connectivity index (χ3n) is 2.68. The minimum Gasteiger partial charge on any atom is -0.409 e. The van der Waals surface area contributed by atoms with Gasteiger partial charge in [0.15, 0.2) is 5.84 Å². The minimum absolute atomic E-state index is 0.0130. The molecule has 2 rings (SSSR count).